The number of rotatable bonds is 6. The molecule has 0 fully saturated rings. The van der Waals surface area contributed by atoms with Crippen LogP contribution in [0.3, 0.4) is 0 Å². The molecule has 0 amide bonds. The first-order chi connectivity index (χ1) is 22.3. The Morgan fingerprint density at radius 1 is 0.333 bits per heavy atom. The Morgan fingerprint density at radius 2 is 0.778 bits per heavy atom. The van der Waals surface area contributed by atoms with Gasteiger partial charge in [-0.05, 0) is 52.6 Å². The van der Waals surface area contributed by atoms with E-state index >= 15 is 0 Å². The van der Waals surface area contributed by atoms with E-state index in [1.807, 2.05) is 66.7 Å². The molecule has 0 aliphatic rings. The first-order valence-corrected chi connectivity index (χ1v) is 14.9. The fraction of sp³-hybridized carbons (Fsp3) is 0. The highest BCUT2D eigenvalue weighted by molar-refractivity contribution is 5.83. The lowest BCUT2D eigenvalue weighted by atomic mass is 10.0. The highest BCUT2D eigenvalue weighted by atomic mass is 16.3. The van der Waals surface area contributed by atoms with Crippen LogP contribution in [0.2, 0.25) is 0 Å². The third-order valence-electron chi connectivity index (χ3n) is 7.97. The van der Waals surface area contributed by atoms with Gasteiger partial charge in [-0.15, -0.1) is 0 Å². The van der Waals surface area contributed by atoms with Crippen LogP contribution in [0, 0.1) is 0 Å². The van der Waals surface area contributed by atoms with Crippen molar-refractivity contribution in [2.45, 2.75) is 0 Å². The molecule has 4 nitrogen and oxygen atoms in total. The van der Waals surface area contributed by atoms with Crippen LogP contribution in [0.15, 0.2) is 168 Å². The summed E-state index contributed by atoms with van der Waals surface area (Å²) in [7, 11) is 0. The number of oxazole rings is 1. The van der Waals surface area contributed by atoms with Gasteiger partial charge in [0.05, 0.1) is 11.4 Å². The Kier molecular flexibility index (Phi) is 6.78. The molecule has 0 aliphatic carbocycles. The van der Waals surface area contributed by atoms with Crippen molar-refractivity contribution in [1.29, 1.82) is 0 Å². The maximum absolute atomic E-state index is 6.12. The van der Waals surface area contributed by atoms with Crippen LogP contribution in [-0.4, -0.2) is 15.0 Å². The molecule has 45 heavy (non-hydrogen) atoms. The third kappa shape index (κ3) is 5.41. The fourth-order valence-electron chi connectivity index (χ4n) is 5.57. The van der Waals surface area contributed by atoms with Crippen LogP contribution < -0.4 is 0 Å². The summed E-state index contributed by atoms with van der Waals surface area (Å²) in [5, 5.41) is 0. The molecule has 0 saturated heterocycles. The summed E-state index contributed by atoms with van der Waals surface area (Å²) in [6.07, 6.45) is 0. The van der Waals surface area contributed by atoms with Crippen LogP contribution >= 0.6 is 0 Å². The summed E-state index contributed by atoms with van der Waals surface area (Å²) in [4.78, 5) is 14.7. The molecular weight excluding hydrogens is 550 g/mol. The monoisotopic (exact) mass is 577 g/mol. The smallest absolute Gasteiger partial charge is 0.227 e. The zero-order valence-electron chi connectivity index (χ0n) is 24.3. The average Bonchev–Trinajstić information content (AvgIpc) is 3.57. The highest BCUT2D eigenvalue weighted by Gasteiger charge is 2.13. The normalized spacial score (nSPS) is 11.1. The zero-order valence-corrected chi connectivity index (χ0v) is 24.3. The Morgan fingerprint density at radius 3 is 1.40 bits per heavy atom. The van der Waals surface area contributed by atoms with Gasteiger partial charge in [0.2, 0.25) is 5.89 Å². The molecule has 0 saturated carbocycles. The van der Waals surface area contributed by atoms with Crippen LogP contribution in [0.25, 0.3) is 78.7 Å². The van der Waals surface area contributed by atoms with Crippen LogP contribution in [0.4, 0.5) is 0 Å². The van der Waals surface area contributed by atoms with Crippen molar-refractivity contribution in [1.82, 2.24) is 15.0 Å². The van der Waals surface area contributed by atoms with E-state index in [0.29, 0.717) is 11.7 Å². The molecule has 2 heterocycles. The lowest BCUT2D eigenvalue weighted by molar-refractivity contribution is 0.620. The number of fused-ring (bicyclic) bond motifs is 1. The molecule has 8 aromatic rings. The topological polar surface area (TPSA) is 51.8 Å². The average molecular weight is 578 g/mol. The molecule has 0 atom stereocenters. The zero-order chi connectivity index (χ0) is 30.0. The van der Waals surface area contributed by atoms with Gasteiger partial charge in [-0.2, -0.15) is 0 Å². The molecule has 0 radical (unpaired) electrons. The third-order valence-corrected chi connectivity index (χ3v) is 7.97. The summed E-state index contributed by atoms with van der Waals surface area (Å²) in [6, 6.07) is 55.8. The quantitative estimate of drug-likeness (QED) is 0.197. The molecule has 4 heteroatoms. The predicted molar refractivity (Wildman–Crippen MR) is 182 cm³/mol. The molecule has 0 N–H and O–H groups in total. The molecule has 8 rings (SSSR count). The number of nitrogens with zero attached hydrogens (tertiary/aromatic N) is 3. The Labute approximate surface area is 261 Å². The van der Waals surface area contributed by atoms with Gasteiger partial charge in [0.15, 0.2) is 11.4 Å². The number of aromatic nitrogens is 3. The minimum absolute atomic E-state index is 0.624. The van der Waals surface area contributed by atoms with Crippen LogP contribution in [-0.2, 0) is 0 Å². The van der Waals surface area contributed by atoms with Crippen molar-refractivity contribution in [2.75, 3.05) is 0 Å². The molecule has 0 unspecified atom stereocenters. The van der Waals surface area contributed by atoms with E-state index in [4.69, 9.17) is 14.4 Å². The van der Waals surface area contributed by atoms with Crippen molar-refractivity contribution < 1.29 is 4.42 Å². The van der Waals surface area contributed by atoms with Crippen molar-refractivity contribution >= 4 is 11.1 Å². The Hall–Kier alpha value is -6.13. The molecule has 212 valence electrons. The second-order valence-corrected chi connectivity index (χ2v) is 10.9. The molecule has 2 aromatic heterocycles. The SMILES string of the molecule is c1ccc(-c2ccc(-c3cc(-c4ccccc4)nc(-c4ccc(-c5ccc6nc(-c7ccccc7)oc6c5)cc4)n3)cc2)cc1. The van der Waals surface area contributed by atoms with Gasteiger partial charge in [-0.1, -0.05) is 133 Å². The van der Waals surface area contributed by atoms with Crippen LogP contribution in [0.1, 0.15) is 0 Å². The molecule has 0 bridgehead atoms. The summed E-state index contributed by atoms with van der Waals surface area (Å²) >= 11 is 0. The minimum atomic E-state index is 0.624. The minimum Gasteiger partial charge on any atom is -0.436 e. The van der Waals surface area contributed by atoms with Crippen molar-refractivity contribution in [2.24, 2.45) is 0 Å². The second kappa shape index (κ2) is 11.5. The largest absolute Gasteiger partial charge is 0.436 e. The van der Waals surface area contributed by atoms with Gasteiger partial charge in [-0.25, -0.2) is 15.0 Å². The van der Waals surface area contributed by atoms with E-state index in [-0.39, 0.29) is 0 Å². The van der Waals surface area contributed by atoms with Gasteiger partial charge < -0.3 is 4.42 Å². The summed E-state index contributed by atoms with van der Waals surface area (Å²) in [6.45, 7) is 0. The van der Waals surface area contributed by atoms with Gasteiger partial charge in [0.1, 0.15) is 5.52 Å². The molecule has 0 aliphatic heterocycles. The molecular formula is C41H27N3O. The number of hydrogen-bond acceptors (Lipinski definition) is 4. The van der Waals surface area contributed by atoms with Crippen molar-refractivity contribution in [3.63, 3.8) is 0 Å². The standard InChI is InChI=1S/C41H27N3O/c1-4-10-28(11-5-1)29-16-20-32(21-17-29)38-27-37(31-12-6-2-7-13-31)42-40(43-38)33-22-18-30(19-23-33)35-24-25-36-39(26-35)45-41(44-36)34-14-8-3-9-15-34/h1-27H. The van der Waals surface area contributed by atoms with Gasteiger partial charge in [0.25, 0.3) is 0 Å². The van der Waals surface area contributed by atoms with Crippen molar-refractivity contribution in [3.05, 3.63) is 164 Å². The van der Waals surface area contributed by atoms with E-state index in [1.165, 1.54) is 11.1 Å². The number of benzene rings is 6. The van der Waals surface area contributed by atoms with E-state index < -0.39 is 0 Å². The van der Waals surface area contributed by atoms with E-state index in [1.54, 1.807) is 0 Å². The molecule has 0 spiro atoms. The summed E-state index contributed by atoms with van der Waals surface area (Å²) < 4.78 is 6.12. The summed E-state index contributed by atoms with van der Waals surface area (Å²) in [5.74, 6) is 1.31. The second-order valence-electron chi connectivity index (χ2n) is 10.9. The maximum atomic E-state index is 6.12. The van der Waals surface area contributed by atoms with Gasteiger partial charge in [-0.3, -0.25) is 0 Å². The predicted octanol–water partition coefficient (Wildman–Crippen LogP) is 10.6. The van der Waals surface area contributed by atoms with Crippen LogP contribution in [0.5, 0.6) is 0 Å². The fourth-order valence-corrected chi connectivity index (χ4v) is 5.57. The van der Waals surface area contributed by atoms with E-state index in [0.717, 1.165) is 55.9 Å². The van der Waals surface area contributed by atoms with Crippen molar-refractivity contribution in [3.8, 4) is 67.6 Å². The lowest BCUT2D eigenvalue weighted by Crippen LogP contribution is -1.96. The van der Waals surface area contributed by atoms with E-state index in [9.17, 15) is 0 Å². The van der Waals surface area contributed by atoms with E-state index in [2.05, 4.69) is 102 Å². The molecule has 6 aromatic carbocycles. The number of hydrogen-bond donors (Lipinski definition) is 0. The van der Waals surface area contributed by atoms with Gasteiger partial charge >= 0.3 is 0 Å². The lowest BCUT2D eigenvalue weighted by Gasteiger charge is -2.11. The Balaban J connectivity index is 1.14. The Bertz CT molecular complexity index is 2220. The van der Waals surface area contributed by atoms with Gasteiger partial charge in [0, 0.05) is 22.3 Å². The summed E-state index contributed by atoms with van der Waals surface area (Å²) in [5.41, 5.74) is 11.9. The first kappa shape index (κ1) is 26.5. The highest BCUT2D eigenvalue weighted by Crippen LogP contribution is 2.32. The first-order valence-electron chi connectivity index (χ1n) is 14.9. The maximum Gasteiger partial charge on any atom is 0.227 e.